The maximum Gasteiger partial charge on any atom is 0.326 e. The number of urea groups is 1. The molecule has 1 N–H and O–H groups in total. The van der Waals surface area contributed by atoms with E-state index in [0.717, 1.165) is 45.6 Å². The highest BCUT2D eigenvalue weighted by atomic mass is 16.5. The summed E-state index contributed by atoms with van der Waals surface area (Å²) in [6, 6.07) is 23.4. The Morgan fingerprint density at radius 3 is 2.49 bits per heavy atom. The molecule has 5 rings (SSSR count). The van der Waals surface area contributed by atoms with Gasteiger partial charge in [-0.15, -0.1) is 0 Å². The molecule has 4 aromatic rings. The zero-order valence-corrected chi connectivity index (χ0v) is 20.4. The van der Waals surface area contributed by atoms with Crippen LogP contribution in [0.3, 0.4) is 0 Å². The van der Waals surface area contributed by atoms with Crippen LogP contribution >= 0.6 is 0 Å². The van der Waals surface area contributed by atoms with Gasteiger partial charge in [0.2, 0.25) is 5.82 Å². The van der Waals surface area contributed by atoms with Crippen molar-refractivity contribution in [3.8, 4) is 11.4 Å². The molecule has 1 aliphatic heterocycles. The molecule has 0 bridgehead atoms. The predicted octanol–water partition coefficient (Wildman–Crippen LogP) is 6.62. The average Bonchev–Trinajstić information content (AvgIpc) is 3.36. The van der Waals surface area contributed by atoms with Crippen LogP contribution < -0.4 is 10.2 Å². The number of amides is 2. The van der Waals surface area contributed by atoms with Crippen molar-refractivity contribution in [2.24, 2.45) is 0 Å². The van der Waals surface area contributed by atoms with E-state index in [1.807, 2.05) is 61.5 Å². The molecule has 0 aliphatic carbocycles. The fraction of sp³-hybridized carbons (Fsp3) is 0.207. The third kappa shape index (κ3) is 4.23. The van der Waals surface area contributed by atoms with Crippen LogP contribution in [0.2, 0.25) is 0 Å². The van der Waals surface area contributed by atoms with Gasteiger partial charge in [-0.3, -0.25) is 4.90 Å². The van der Waals surface area contributed by atoms with Gasteiger partial charge in [0.1, 0.15) is 0 Å². The highest BCUT2D eigenvalue weighted by Crippen LogP contribution is 2.39. The number of rotatable bonds is 5. The number of nitrogens with zero attached hydrogens (tertiary/aromatic N) is 3. The van der Waals surface area contributed by atoms with Gasteiger partial charge in [0.15, 0.2) is 0 Å². The fourth-order valence-corrected chi connectivity index (χ4v) is 4.48. The zero-order chi connectivity index (χ0) is 24.5. The summed E-state index contributed by atoms with van der Waals surface area (Å²) in [6.45, 7) is 8.19. The van der Waals surface area contributed by atoms with Crippen LogP contribution in [0.1, 0.15) is 48.0 Å². The fourth-order valence-electron chi connectivity index (χ4n) is 4.48. The van der Waals surface area contributed by atoms with Crippen molar-refractivity contribution in [2.75, 3.05) is 4.90 Å². The van der Waals surface area contributed by atoms with E-state index in [9.17, 15) is 4.79 Å². The van der Waals surface area contributed by atoms with Gasteiger partial charge in [0, 0.05) is 11.3 Å². The van der Waals surface area contributed by atoms with Crippen LogP contribution in [0, 0.1) is 13.8 Å². The van der Waals surface area contributed by atoms with E-state index in [1.54, 1.807) is 4.90 Å². The lowest BCUT2D eigenvalue weighted by atomic mass is 9.92. The largest absolute Gasteiger partial charge is 0.334 e. The van der Waals surface area contributed by atoms with Crippen molar-refractivity contribution < 1.29 is 9.32 Å². The number of aryl methyl sites for hydroxylation is 3. The summed E-state index contributed by atoms with van der Waals surface area (Å²) in [5.74, 6) is 0.900. The highest BCUT2D eigenvalue weighted by Gasteiger charge is 2.36. The number of hydrogen-bond donors (Lipinski definition) is 1. The number of carbonyl (C=O) groups excluding carboxylic acids is 1. The minimum Gasteiger partial charge on any atom is -0.334 e. The standard InChI is InChI=1S/C29H28N4O2/c1-5-21-10-9-13-24(17-21)33-20(4)25(28-31-27(32-35-28)22-11-7-6-8-12-22)26(30-29(33)34)23-15-14-18(2)19(3)16-23/h6-17,26H,5H2,1-4H3,(H,30,34). The molecule has 2 heterocycles. The molecule has 2 amide bonds. The Bertz CT molecular complexity index is 1420. The molecule has 35 heavy (non-hydrogen) atoms. The van der Waals surface area contributed by atoms with Gasteiger partial charge >= 0.3 is 6.03 Å². The number of nitrogens with one attached hydrogen (secondary N) is 1. The van der Waals surface area contributed by atoms with E-state index in [0.29, 0.717) is 11.7 Å². The summed E-state index contributed by atoms with van der Waals surface area (Å²) in [5.41, 5.74) is 7.69. The molecule has 3 aromatic carbocycles. The maximum atomic E-state index is 13.5. The molecule has 6 nitrogen and oxygen atoms in total. The summed E-state index contributed by atoms with van der Waals surface area (Å²) in [4.78, 5) is 19.9. The first kappa shape index (κ1) is 22.6. The van der Waals surface area contributed by atoms with Gasteiger partial charge < -0.3 is 9.84 Å². The molecule has 6 heteroatoms. The van der Waals surface area contributed by atoms with E-state index < -0.39 is 6.04 Å². The molecule has 1 aromatic heterocycles. The van der Waals surface area contributed by atoms with Crippen molar-refractivity contribution >= 4 is 17.3 Å². The average molecular weight is 465 g/mol. The SMILES string of the molecule is CCc1cccc(N2C(=O)NC(c3ccc(C)c(C)c3)C(c3nc(-c4ccccc4)no3)=C2C)c1. The number of aromatic nitrogens is 2. The number of hydrogen-bond acceptors (Lipinski definition) is 4. The molecule has 0 radical (unpaired) electrons. The van der Waals surface area contributed by atoms with Gasteiger partial charge in [-0.25, -0.2) is 4.79 Å². The van der Waals surface area contributed by atoms with E-state index in [1.165, 1.54) is 5.56 Å². The third-order valence-corrected chi connectivity index (χ3v) is 6.61. The lowest BCUT2D eigenvalue weighted by molar-refractivity contribution is 0.244. The van der Waals surface area contributed by atoms with E-state index in [2.05, 4.69) is 49.4 Å². The second kappa shape index (κ2) is 9.22. The quantitative estimate of drug-likeness (QED) is 0.360. The number of benzene rings is 3. The van der Waals surface area contributed by atoms with Crippen LogP contribution in [0.25, 0.3) is 17.0 Å². The Hall–Kier alpha value is -4.19. The molecule has 0 fully saturated rings. The summed E-state index contributed by atoms with van der Waals surface area (Å²) in [5, 5.41) is 7.44. The van der Waals surface area contributed by atoms with Crippen molar-refractivity contribution in [3.63, 3.8) is 0 Å². The second-order valence-corrected chi connectivity index (χ2v) is 8.87. The Morgan fingerprint density at radius 1 is 0.943 bits per heavy atom. The summed E-state index contributed by atoms with van der Waals surface area (Å²) < 4.78 is 5.80. The summed E-state index contributed by atoms with van der Waals surface area (Å²) >= 11 is 0. The first-order valence-electron chi connectivity index (χ1n) is 11.8. The molecule has 0 saturated heterocycles. The lowest BCUT2D eigenvalue weighted by Crippen LogP contribution is -2.46. The second-order valence-electron chi connectivity index (χ2n) is 8.87. The Balaban J connectivity index is 1.67. The lowest BCUT2D eigenvalue weighted by Gasteiger charge is -2.35. The molecular formula is C29H28N4O2. The first-order chi connectivity index (χ1) is 17.0. The number of allylic oxidation sites excluding steroid dienone is 1. The van der Waals surface area contributed by atoms with Crippen LogP contribution in [-0.4, -0.2) is 16.2 Å². The van der Waals surface area contributed by atoms with E-state index >= 15 is 0 Å². The number of anilines is 1. The Kier molecular flexibility index (Phi) is 5.95. The van der Waals surface area contributed by atoms with Crippen LogP contribution in [0.5, 0.6) is 0 Å². The van der Waals surface area contributed by atoms with E-state index in [4.69, 9.17) is 9.51 Å². The van der Waals surface area contributed by atoms with Crippen LogP contribution in [-0.2, 0) is 6.42 Å². The number of carbonyl (C=O) groups is 1. The van der Waals surface area contributed by atoms with Crippen LogP contribution in [0.4, 0.5) is 10.5 Å². The van der Waals surface area contributed by atoms with Gasteiger partial charge in [-0.1, -0.05) is 72.7 Å². The maximum absolute atomic E-state index is 13.5. The Labute approximate surface area is 205 Å². The molecule has 176 valence electrons. The van der Waals surface area contributed by atoms with Crippen molar-refractivity contribution in [1.82, 2.24) is 15.5 Å². The van der Waals surface area contributed by atoms with Gasteiger partial charge in [-0.2, -0.15) is 4.98 Å². The molecule has 0 spiro atoms. The highest BCUT2D eigenvalue weighted by molar-refractivity contribution is 6.01. The minimum absolute atomic E-state index is 0.189. The normalized spacial score (nSPS) is 15.9. The summed E-state index contributed by atoms with van der Waals surface area (Å²) in [7, 11) is 0. The Morgan fingerprint density at radius 2 is 1.74 bits per heavy atom. The molecule has 1 unspecified atom stereocenters. The van der Waals surface area contributed by atoms with Crippen LogP contribution in [0.15, 0.2) is 83.0 Å². The minimum atomic E-state index is -0.420. The van der Waals surface area contributed by atoms with Crippen molar-refractivity contribution in [1.29, 1.82) is 0 Å². The molecule has 1 aliphatic rings. The predicted molar refractivity (Wildman–Crippen MR) is 138 cm³/mol. The monoisotopic (exact) mass is 464 g/mol. The van der Waals surface area contributed by atoms with Gasteiger partial charge in [-0.05, 0) is 61.6 Å². The van der Waals surface area contributed by atoms with Gasteiger partial charge in [0.05, 0.1) is 17.3 Å². The van der Waals surface area contributed by atoms with Crippen molar-refractivity contribution in [2.45, 2.75) is 40.2 Å². The first-order valence-corrected chi connectivity index (χ1v) is 11.8. The molecule has 0 saturated carbocycles. The molecule has 1 atom stereocenters. The zero-order valence-electron chi connectivity index (χ0n) is 20.4. The van der Waals surface area contributed by atoms with E-state index in [-0.39, 0.29) is 6.03 Å². The van der Waals surface area contributed by atoms with Gasteiger partial charge in [0.25, 0.3) is 5.89 Å². The topological polar surface area (TPSA) is 71.3 Å². The van der Waals surface area contributed by atoms with Crippen molar-refractivity contribution in [3.05, 3.63) is 107 Å². The smallest absolute Gasteiger partial charge is 0.326 e. The molecular weight excluding hydrogens is 436 g/mol. The summed E-state index contributed by atoms with van der Waals surface area (Å²) in [6.07, 6.45) is 0.883. The third-order valence-electron chi connectivity index (χ3n) is 6.61.